The van der Waals surface area contributed by atoms with Crippen LogP contribution in [-0.2, 0) is 0 Å². The van der Waals surface area contributed by atoms with Crippen molar-refractivity contribution < 1.29 is 4.79 Å². The van der Waals surface area contributed by atoms with Crippen LogP contribution in [0.25, 0.3) is 0 Å². The van der Waals surface area contributed by atoms with Crippen LogP contribution >= 0.6 is 11.6 Å². The van der Waals surface area contributed by atoms with Crippen molar-refractivity contribution in [3.8, 4) is 0 Å². The first-order chi connectivity index (χ1) is 8.71. The summed E-state index contributed by atoms with van der Waals surface area (Å²) in [5.74, 6) is -0.0736. The molecule has 3 nitrogen and oxygen atoms in total. The Balaban J connectivity index is 2.20. The van der Waals surface area contributed by atoms with Crippen molar-refractivity contribution >= 4 is 23.2 Å². The van der Waals surface area contributed by atoms with Gasteiger partial charge in [-0.1, -0.05) is 39.3 Å². The molecule has 1 aliphatic rings. The monoisotopic (exact) mass is 280 g/mol. The van der Waals surface area contributed by atoms with Gasteiger partial charge < -0.3 is 10.6 Å². The lowest BCUT2D eigenvalue weighted by molar-refractivity contribution is 0.0944. The topological polar surface area (TPSA) is 41.1 Å². The Hall–Kier alpha value is -1.22. The number of halogens is 1. The SMILES string of the molecule is CNc1ccc(Cl)cc1C(=O)NC1C(C)(C)C1(C)C. The quantitative estimate of drug-likeness (QED) is 0.889. The molecule has 0 spiro atoms. The van der Waals surface area contributed by atoms with E-state index in [9.17, 15) is 4.79 Å². The largest absolute Gasteiger partial charge is 0.387 e. The molecule has 1 aromatic rings. The Kier molecular flexibility index (Phi) is 3.29. The second-order valence-electron chi connectivity index (χ2n) is 6.29. The van der Waals surface area contributed by atoms with Gasteiger partial charge in [0, 0.05) is 23.8 Å². The van der Waals surface area contributed by atoms with E-state index in [4.69, 9.17) is 11.6 Å². The lowest BCUT2D eigenvalue weighted by Gasteiger charge is -2.11. The molecule has 0 aromatic heterocycles. The first kappa shape index (κ1) is 14.2. The highest BCUT2D eigenvalue weighted by molar-refractivity contribution is 6.31. The molecule has 1 aromatic carbocycles. The summed E-state index contributed by atoms with van der Waals surface area (Å²) in [6, 6.07) is 5.48. The van der Waals surface area contributed by atoms with Gasteiger partial charge in [0.05, 0.1) is 5.56 Å². The maximum atomic E-state index is 12.4. The van der Waals surface area contributed by atoms with Gasteiger partial charge in [0.1, 0.15) is 0 Å². The summed E-state index contributed by atoms with van der Waals surface area (Å²) in [7, 11) is 1.80. The number of benzene rings is 1. The molecule has 2 rings (SSSR count). The fourth-order valence-corrected chi connectivity index (χ4v) is 2.86. The van der Waals surface area contributed by atoms with Crippen molar-refractivity contribution in [2.24, 2.45) is 10.8 Å². The second kappa shape index (κ2) is 4.41. The molecule has 1 aliphatic carbocycles. The maximum absolute atomic E-state index is 12.4. The number of nitrogens with one attached hydrogen (secondary N) is 2. The molecule has 0 saturated heterocycles. The Bertz CT molecular complexity index is 509. The Morgan fingerprint density at radius 1 is 1.21 bits per heavy atom. The zero-order valence-electron chi connectivity index (χ0n) is 12.1. The van der Waals surface area contributed by atoms with E-state index >= 15 is 0 Å². The lowest BCUT2D eigenvalue weighted by Crippen LogP contribution is -2.30. The predicted octanol–water partition coefficient (Wildman–Crippen LogP) is 3.55. The van der Waals surface area contributed by atoms with Gasteiger partial charge in [0.15, 0.2) is 0 Å². The number of carbonyl (C=O) groups excluding carboxylic acids is 1. The van der Waals surface area contributed by atoms with Crippen molar-refractivity contribution in [2.75, 3.05) is 12.4 Å². The third-order valence-electron chi connectivity index (χ3n) is 4.79. The molecule has 2 N–H and O–H groups in total. The average molecular weight is 281 g/mol. The summed E-state index contributed by atoms with van der Waals surface area (Å²) >= 11 is 5.97. The van der Waals surface area contributed by atoms with Crippen LogP contribution in [0.3, 0.4) is 0 Å². The van der Waals surface area contributed by atoms with E-state index in [2.05, 4.69) is 38.3 Å². The minimum atomic E-state index is -0.0736. The molecule has 0 aliphatic heterocycles. The van der Waals surface area contributed by atoms with E-state index in [1.165, 1.54) is 0 Å². The van der Waals surface area contributed by atoms with Gasteiger partial charge in [-0.15, -0.1) is 0 Å². The minimum absolute atomic E-state index is 0.0736. The van der Waals surface area contributed by atoms with Gasteiger partial charge in [-0.25, -0.2) is 0 Å². The van der Waals surface area contributed by atoms with E-state index in [0.717, 1.165) is 5.69 Å². The third-order valence-corrected chi connectivity index (χ3v) is 5.03. The van der Waals surface area contributed by atoms with E-state index < -0.39 is 0 Å². The van der Waals surface area contributed by atoms with Gasteiger partial charge in [-0.2, -0.15) is 0 Å². The summed E-state index contributed by atoms with van der Waals surface area (Å²) in [5, 5.41) is 6.70. The van der Waals surface area contributed by atoms with E-state index in [1.54, 1.807) is 19.2 Å². The standard InChI is InChI=1S/C15H21ClN2O/c1-14(2)13(15(14,3)4)18-12(19)10-8-9(16)6-7-11(10)17-5/h6-8,13,17H,1-5H3,(H,18,19). The fraction of sp³-hybridized carbons (Fsp3) is 0.533. The van der Waals surface area contributed by atoms with Crippen molar-refractivity contribution in [3.63, 3.8) is 0 Å². The molecule has 1 amide bonds. The summed E-state index contributed by atoms with van der Waals surface area (Å²) in [5.41, 5.74) is 1.63. The molecule has 0 atom stereocenters. The summed E-state index contributed by atoms with van der Waals surface area (Å²) < 4.78 is 0. The number of anilines is 1. The van der Waals surface area contributed by atoms with E-state index in [-0.39, 0.29) is 22.8 Å². The second-order valence-corrected chi connectivity index (χ2v) is 6.73. The van der Waals surface area contributed by atoms with Gasteiger partial charge in [-0.05, 0) is 29.0 Å². The number of rotatable bonds is 3. The van der Waals surface area contributed by atoms with Crippen molar-refractivity contribution in [1.29, 1.82) is 0 Å². The van der Waals surface area contributed by atoms with Crippen LogP contribution in [0.5, 0.6) is 0 Å². The molecule has 0 radical (unpaired) electrons. The van der Waals surface area contributed by atoms with Crippen LogP contribution in [0.4, 0.5) is 5.69 Å². The lowest BCUT2D eigenvalue weighted by atomic mass is 10.0. The average Bonchev–Trinajstić information content (AvgIpc) is 2.71. The number of hydrogen-bond donors (Lipinski definition) is 2. The van der Waals surface area contributed by atoms with Crippen molar-refractivity contribution in [2.45, 2.75) is 33.7 Å². The van der Waals surface area contributed by atoms with Crippen LogP contribution in [0.1, 0.15) is 38.1 Å². The molecular weight excluding hydrogens is 260 g/mol. The van der Waals surface area contributed by atoms with Crippen LogP contribution in [-0.4, -0.2) is 19.0 Å². The van der Waals surface area contributed by atoms with Crippen LogP contribution in [0.15, 0.2) is 18.2 Å². The van der Waals surface area contributed by atoms with E-state index in [0.29, 0.717) is 10.6 Å². The van der Waals surface area contributed by atoms with Gasteiger partial charge in [0.25, 0.3) is 5.91 Å². The molecule has 0 unspecified atom stereocenters. The molecule has 104 valence electrons. The number of hydrogen-bond acceptors (Lipinski definition) is 2. The molecule has 0 heterocycles. The molecule has 19 heavy (non-hydrogen) atoms. The van der Waals surface area contributed by atoms with Gasteiger partial charge >= 0.3 is 0 Å². The van der Waals surface area contributed by atoms with Gasteiger partial charge in [-0.3, -0.25) is 4.79 Å². The zero-order valence-corrected chi connectivity index (χ0v) is 12.9. The molecule has 1 saturated carbocycles. The highest BCUT2D eigenvalue weighted by atomic mass is 35.5. The number of amides is 1. The Labute approximate surface area is 119 Å². The first-order valence-corrected chi connectivity index (χ1v) is 6.88. The number of carbonyl (C=O) groups is 1. The van der Waals surface area contributed by atoms with Crippen molar-refractivity contribution in [1.82, 2.24) is 5.32 Å². The third kappa shape index (κ3) is 2.20. The fourth-order valence-electron chi connectivity index (χ4n) is 2.69. The van der Waals surface area contributed by atoms with E-state index in [1.807, 2.05) is 6.07 Å². The predicted molar refractivity (Wildman–Crippen MR) is 79.8 cm³/mol. The maximum Gasteiger partial charge on any atom is 0.253 e. The summed E-state index contributed by atoms with van der Waals surface area (Å²) in [6.45, 7) is 8.70. The van der Waals surface area contributed by atoms with Crippen molar-refractivity contribution in [3.05, 3.63) is 28.8 Å². The summed E-state index contributed by atoms with van der Waals surface area (Å²) in [4.78, 5) is 12.4. The Morgan fingerprint density at radius 3 is 2.26 bits per heavy atom. The Morgan fingerprint density at radius 2 is 1.79 bits per heavy atom. The highest BCUT2D eigenvalue weighted by Crippen LogP contribution is 2.62. The smallest absolute Gasteiger partial charge is 0.253 e. The van der Waals surface area contributed by atoms with Crippen LogP contribution in [0, 0.1) is 10.8 Å². The molecule has 1 fully saturated rings. The van der Waals surface area contributed by atoms with Crippen LogP contribution in [0.2, 0.25) is 5.02 Å². The zero-order chi connectivity index (χ0) is 14.4. The minimum Gasteiger partial charge on any atom is -0.387 e. The molecule has 0 bridgehead atoms. The molecular formula is C15H21ClN2O. The molecule has 4 heteroatoms. The summed E-state index contributed by atoms with van der Waals surface area (Å²) in [6.07, 6.45) is 0. The van der Waals surface area contributed by atoms with Crippen LogP contribution < -0.4 is 10.6 Å². The highest BCUT2D eigenvalue weighted by Gasteiger charge is 2.65. The normalized spacial score (nSPS) is 19.9. The van der Waals surface area contributed by atoms with Gasteiger partial charge in [0.2, 0.25) is 0 Å². The first-order valence-electron chi connectivity index (χ1n) is 6.50.